The van der Waals surface area contributed by atoms with Crippen LogP contribution in [0.2, 0.25) is 0 Å². The van der Waals surface area contributed by atoms with Gasteiger partial charge in [0.1, 0.15) is 15.6 Å². The Morgan fingerprint density at radius 3 is 2.39 bits per heavy atom. The summed E-state index contributed by atoms with van der Waals surface area (Å²) in [6, 6.07) is 15.3. The molecule has 172 valence electrons. The fourth-order valence-electron chi connectivity index (χ4n) is 3.66. The Bertz CT molecular complexity index is 1090. The standard InChI is InChI=1S/C25H28N4O3S/c1-28-13-15-29(16-14-28)25(31)20-7-5-19(6-8-20)24-27-17-22(33-24)23(30)26-12-11-18-3-9-21(32-2)10-4-18/h3-10,17H,11-16H2,1-2H3,(H,26,30). The molecule has 0 spiro atoms. The van der Waals surface area contributed by atoms with E-state index in [-0.39, 0.29) is 11.8 Å². The lowest BCUT2D eigenvalue weighted by Gasteiger charge is -2.32. The minimum Gasteiger partial charge on any atom is -0.497 e. The van der Waals surface area contributed by atoms with Crippen LogP contribution in [0.3, 0.4) is 0 Å². The number of thiazole rings is 1. The number of ether oxygens (including phenoxy) is 1. The van der Waals surface area contributed by atoms with Gasteiger partial charge in [-0.1, -0.05) is 24.3 Å². The van der Waals surface area contributed by atoms with E-state index >= 15 is 0 Å². The molecule has 0 aliphatic carbocycles. The van der Waals surface area contributed by atoms with Crippen LogP contribution in [0.25, 0.3) is 10.6 Å². The third kappa shape index (κ3) is 5.77. The van der Waals surface area contributed by atoms with Crippen molar-refractivity contribution in [3.8, 4) is 16.3 Å². The molecule has 8 heteroatoms. The highest BCUT2D eigenvalue weighted by atomic mass is 32.1. The maximum absolute atomic E-state index is 12.7. The Morgan fingerprint density at radius 2 is 1.73 bits per heavy atom. The summed E-state index contributed by atoms with van der Waals surface area (Å²) in [6.07, 6.45) is 2.34. The van der Waals surface area contributed by atoms with Crippen LogP contribution < -0.4 is 10.1 Å². The molecule has 0 unspecified atom stereocenters. The topological polar surface area (TPSA) is 74.8 Å². The molecule has 0 radical (unpaired) electrons. The molecule has 3 aromatic rings. The van der Waals surface area contributed by atoms with Crippen molar-refractivity contribution in [1.29, 1.82) is 0 Å². The largest absolute Gasteiger partial charge is 0.497 e. The lowest BCUT2D eigenvalue weighted by molar-refractivity contribution is 0.0664. The van der Waals surface area contributed by atoms with E-state index in [2.05, 4.69) is 22.2 Å². The van der Waals surface area contributed by atoms with E-state index in [1.165, 1.54) is 11.3 Å². The molecule has 1 fully saturated rings. The van der Waals surface area contributed by atoms with Crippen LogP contribution >= 0.6 is 11.3 Å². The number of carbonyl (C=O) groups excluding carboxylic acids is 2. The summed E-state index contributed by atoms with van der Waals surface area (Å²) in [7, 11) is 3.71. The fourth-order valence-corrected chi connectivity index (χ4v) is 4.50. The van der Waals surface area contributed by atoms with Crippen LogP contribution in [-0.4, -0.2) is 73.5 Å². The van der Waals surface area contributed by atoms with E-state index in [0.29, 0.717) is 17.0 Å². The molecule has 7 nitrogen and oxygen atoms in total. The number of likely N-dealkylation sites (N-methyl/N-ethyl adjacent to an activating group) is 1. The smallest absolute Gasteiger partial charge is 0.263 e. The van der Waals surface area contributed by atoms with Crippen molar-refractivity contribution in [2.24, 2.45) is 0 Å². The molecule has 1 aliphatic heterocycles. The van der Waals surface area contributed by atoms with Crippen LogP contribution in [0.4, 0.5) is 0 Å². The monoisotopic (exact) mass is 464 g/mol. The second-order valence-corrected chi connectivity index (χ2v) is 9.09. The van der Waals surface area contributed by atoms with Gasteiger partial charge in [-0.15, -0.1) is 11.3 Å². The number of hydrogen-bond donors (Lipinski definition) is 1. The molecule has 33 heavy (non-hydrogen) atoms. The van der Waals surface area contributed by atoms with E-state index < -0.39 is 0 Å². The number of piperazine rings is 1. The number of carbonyl (C=O) groups is 2. The van der Waals surface area contributed by atoms with E-state index in [1.54, 1.807) is 13.3 Å². The van der Waals surface area contributed by atoms with Crippen LogP contribution in [-0.2, 0) is 6.42 Å². The first-order chi connectivity index (χ1) is 16.0. The van der Waals surface area contributed by atoms with Crippen molar-refractivity contribution in [3.05, 3.63) is 70.7 Å². The van der Waals surface area contributed by atoms with Gasteiger partial charge in [0.2, 0.25) is 0 Å². The summed E-state index contributed by atoms with van der Waals surface area (Å²) >= 11 is 1.35. The second kappa shape index (κ2) is 10.6. The highest BCUT2D eigenvalue weighted by molar-refractivity contribution is 7.16. The van der Waals surface area contributed by atoms with Gasteiger partial charge in [-0.2, -0.15) is 0 Å². The Kier molecular flexibility index (Phi) is 7.36. The highest BCUT2D eigenvalue weighted by Crippen LogP contribution is 2.26. The van der Waals surface area contributed by atoms with E-state index in [9.17, 15) is 9.59 Å². The fraction of sp³-hybridized carbons (Fsp3) is 0.320. The van der Waals surface area contributed by atoms with Crippen LogP contribution in [0.15, 0.2) is 54.7 Å². The van der Waals surface area contributed by atoms with E-state index in [0.717, 1.165) is 54.5 Å². The molecule has 1 aliphatic rings. The minimum atomic E-state index is -0.130. The van der Waals surface area contributed by atoms with Crippen molar-refractivity contribution in [3.63, 3.8) is 0 Å². The number of methoxy groups -OCH3 is 1. The molecule has 0 atom stereocenters. The summed E-state index contributed by atoms with van der Waals surface area (Å²) < 4.78 is 5.16. The molecule has 2 heterocycles. The van der Waals surface area contributed by atoms with Gasteiger partial charge in [0, 0.05) is 43.9 Å². The Balaban J connectivity index is 1.31. The molecule has 4 rings (SSSR count). The van der Waals surface area contributed by atoms with Crippen LogP contribution in [0, 0.1) is 0 Å². The predicted octanol–water partition coefficient (Wildman–Crippen LogP) is 3.18. The first-order valence-corrected chi connectivity index (χ1v) is 11.8. The Hall–Kier alpha value is -3.23. The van der Waals surface area contributed by atoms with Gasteiger partial charge in [-0.05, 0) is 43.3 Å². The van der Waals surface area contributed by atoms with Crippen molar-refractivity contribution in [2.45, 2.75) is 6.42 Å². The average molecular weight is 465 g/mol. The molecule has 1 saturated heterocycles. The maximum Gasteiger partial charge on any atom is 0.263 e. The van der Waals surface area contributed by atoms with Gasteiger partial charge in [-0.3, -0.25) is 9.59 Å². The highest BCUT2D eigenvalue weighted by Gasteiger charge is 2.20. The van der Waals surface area contributed by atoms with Gasteiger partial charge in [0.05, 0.1) is 13.3 Å². The molecule has 1 N–H and O–H groups in total. The number of rotatable bonds is 7. The number of amides is 2. The number of aromatic nitrogens is 1. The lowest BCUT2D eigenvalue weighted by Crippen LogP contribution is -2.47. The quantitative estimate of drug-likeness (QED) is 0.581. The van der Waals surface area contributed by atoms with Crippen LogP contribution in [0.1, 0.15) is 25.6 Å². The van der Waals surface area contributed by atoms with Gasteiger partial charge >= 0.3 is 0 Å². The zero-order valence-corrected chi connectivity index (χ0v) is 19.7. The number of benzene rings is 2. The molecule has 0 saturated carbocycles. The zero-order chi connectivity index (χ0) is 23.2. The first-order valence-electron chi connectivity index (χ1n) is 11.0. The van der Waals surface area contributed by atoms with Gasteiger partial charge < -0.3 is 19.9 Å². The average Bonchev–Trinajstić information content (AvgIpc) is 3.35. The molecule has 2 aromatic carbocycles. The minimum absolute atomic E-state index is 0.0608. The Labute approximate surface area is 198 Å². The predicted molar refractivity (Wildman–Crippen MR) is 130 cm³/mol. The number of nitrogens with one attached hydrogen (secondary N) is 1. The second-order valence-electron chi connectivity index (χ2n) is 8.06. The zero-order valence-electron chi connectivity index (χ0n) is 18.9. The van der Waals surface area contributed by atoms with Crippen molar-refractivity contribution in [1.82, 2.24) is 20.1 Å². The molecule has 1 aromatic heterocycles. The first kappa shape index (κ1) is 22.9. The summed E-state index contributed by atoms with van der Waals surface area (Å²) in [6.45, 7) is 3.84. The van der Waals surface area contributed by atoms with Gasteiger partial charge in [0.15, 0.2) is 0 Å². The van der Waals surface area contributed by atoms with Crippen molar-refractivity contribution in [2.75, 3.05) is 46.9 Å². The molecular formula is C25H28N4O3S. The number of nitrogens with zero attached hydrogens (tertiary/aromatic N) is 3. The van der Waals surface area contributed by atoms with E-state index in [1.807, 2.05) is 53.4 Å². The van der Waals surface area contributed by atoms with Gasteiger partial charge in [-0.25, -0.2) is 4.98 Å². The van der Waals surface area contributed by atoms with Crippen LogP contribution in [0.5, 0.6) is 5.75 Å². The lowest BCUT2D eigenvalue weighted by atomic mass is 10.1. The summed E-state index contributed by atoms with van der Waals surface area (Å²) in [5.74, 6) is 0.747. The third-order valence-corrected chi connectivity index (χ3v) is 6.80. The normalized spacial score (nSPS) is 14.2. The molecule has 2 amide bonds. The Morgan fingerprint density at radius 1 is 1.03 bits per heavy atom. The maximum atomic E-state index is 12.7. The van der Waals surface area contributed by atoms with Crippen molar-refractivity contribution < 1.29 is 14.3 Å². The SMILES string of the molecule is COc1ccc(CCNC(=O)c2cnc(-c3ccc(C(=O)N4CCN(C)CC4)cc3)s2)cc1. The summed E-state index contributed by atoms with van der Waals surface area (Å²) in [5, 5.41) is 3.71. The summed E-state index contributed by atoms with van der Waals surface area (Å²) in [4.78, 5) is 34.3. The molecular weight excluding hydrogens is 436 g/mol. The molecule has 0 bridgehead atoms. The third-order valence-electron chi connectivity index (χ3n) is 5.76. The van der Waals surface area contributed by atoms with Crippen molar-refractivity contribution >= 4 is 23.2 Å². The number of hydrogen-bond acceptors (Lipinski definition) is 6. The van der Waals surface area contributed by atoms with Gasteiger partial charge in [0.25, 0.3) is 11.8 Å². The van der Waals surface area contributed by atoms with E-state index in [4.69, 9.17) is 4.74 Å². The summed E-state index contributed by atoms with van der Waals surface area (Å²) in [5.41, 5.74) is 2.70.